The van der Waals surface area contributed by atoms with Crippen molar-refractivity contribution in [2.24, 2.45) is 17.8 Å². The highest BCUT2D eigenvalue weighted by Crippen LogP contribution is 2.65. The first-order chi connectivity index (χ1) is 17.6. The molecule has 1 N–H and O–H groups in total. The van der Waals surface area contributed by atoms with Crippen molar-refractivity contribution in [2.45, 2.75) is 95.9 Å². The van der Waals surface area contributed by atoms with E-state index in [0.29, 0.717) is 32.4 Å². The van der Waals surface area contributed by atoms with Gasteiger partial charge in [-0.3, -0.25) is 14.4 Å². The summed E-state index contributed by atoms with van der Waals surface area (Å²) in [4.78, 5) is 45.1. The molecule has 37 heavy (non-hydrogen) atoms. The number of likely N-dealkylation sites (tertiary alicyclic amines) is 1. The van der Waals surface area contributed by atoms with Crippen LogP contribution in [0.4, 0.5) is 0 Å². The number of aliphatic hydroxyl groups is 1. The summed E-state index contributed by atoms with van der Waals surface area (Å²) >= 11 is 0. The quantitative estimate of drug-likeness (QED) is 0.203. The SMILES string of the molecule is C=CCCCCOC(=O)[C@@H]1[C@H]2C(=O)N(CCCCCO)C(C(=O)N(CC=C)C(C)C)C23CC(C)[C@@]1(C)O3. The van der Waals surface area contributed by atoms with Crippen molar-refractivity contribution in [1.29, 1.82) is 0 Å². The zero-order chi connectivity index (χ0) is 27.4. The molecule has 208 valence electrons. The highest BCUT2D eigenvalue weighted by molar-refractivity contribution is 5.98. The maximum atomic E-state index is 14.1. The largest absolute Gasteiger partial charge is 0.465 e. The number of carbonyl (C=O) groups is 3. The Kier molecular flexibility index (Phi) is 9.62. The van der Waals surface area contributed by atoms with E-state index in [-0.39, 0.29) is 37.0 Å². The van der Waals surface area contributed by atoms with Crippen LogP contribution in [0.15, 0.2) is 25.3 Å². The molecule has 3 rings (SSSR count). The van der Waals surface area contributed by atoms with E-state index < -0.39 is 35.0 Å². The summed E-state index contributed by atoms with van der Waals surface area (Å²) in [5, 5.41) is 9.20. The van der Waals surface area contributed by atoms with Gasteiger partial charge in [0.25, 0.3) is 0 Å². The van der Waals surface area contributed by atoms with Crippen LogP contribution in [0, 0.1) is 17.8 Å². The molecule has 8 nitrogen and oxygen atoms in total. The zero-order valence-electron chi connectivity index (χ0n) is 23.1. The van der Waals surface area contributed by atoms with Gasteiger partial charge in [-0.05, 0) is 71.6 Å². The topological polar surface area (TPSA) is 96.4 Å². The minimum absolute atomic E-state index is 0.0218. The highest BCUT2D eigenvalue weighted by Gasteiger charge is 2.80. The average Bonchev–Trinajstić information content (AvgIpc) is 3.36. The van der Waals surface area contributed by atoms with Gasteiger partial charge < -0.3 is 24.4 Å². The lowest BCUT2D eigenvalue weighted by Crippen LogP contribution is -2.57. The fraction of sp³-hybridized carbons (Fsp3) is 0.759. The lowest BCUT2D eigenvalue weighted by Gasteiger charge is -2.38. The van der Waals surface area contributed by atoms with Crippen LogP contribution in [0.25, 0.3) is 0 Å². The number of amides is 2. The molecule has 3 fully saturated rings. The summed E-state index contributed by atoms with van der Waals surface area (Å²) in [6, 6.07) is -0.897. The minimum Gasteiger partial charge on any atom is -0.465 e. The second-order valence-electron chi connectivity index (χ2n) is 11.3. The van der Waals surface area contributed by atoms with Crippen LogP contribution in [-0.2, 0) is 23.9 Å². The minimum atomic E-state index is -1.07. The zero-order valence-corrected chi connectivity index (χ0v) is 23.1. The van der Waals surface area contributed by atoms with Gasteiger partial charge in [-0.1, -0.05) is 19.1 Å². The van der Waals surface area contributed by atoms with Crippen LogP contribution in [0.1, 0.15) is 72.6 Å². The Labute approximate surface area is 222 Å². The first-order valence-electron chi connectivity index (χ1n) is 13.9. The Bertz CT molecular complexity index is 874. The number of allylic oxidation sites excluding steroid dienone is 1. The second-order valence-corrected chi connectivity index (χ2v) is 11.3. The Morgan fingerprint density at radius 3 is 2.57 bits per heavy atom. The van der Waals surface area contributed by atoms with Crippen molar-refractivity contribution in [3.8, 4) is 0 Å². The molecule has 6 atom stereocenters. The van der Waals surface area contributed by atoms with Crippen molar-refractivity contribution >= 4 is 17.8 Å². The van der Waals surface area contributed by atoms with Crippen LogP contribution in [-0.4, -0.2) is 82.3 Å². The molecule has 0 aliphatic carbocycles. The summed E-state index contributed by atoms with van der Waals surface area (Å²) in [5.41, 5.74) is -1.94. The summed E-state index contributed by atoms with van der Waals surface area (Å²) in [5.74, 6) is -2.30. The van der Waals surface area contributed by atoms with Crippen molar-refractivity contribution < 1.29 is 29.0 Å². The maximum absolute atomic E-state index is 14.1. The van der Waals surface area contributed by atoms with E-state index in [0.717, 1.165) is 25.7 Å². The van der Waals surface area contributed by atoms with Crippen LogP contribution < -0.4 is 0 Å². The van der Waals surface area contributed by atoms with Gasteiger partial charge in [0.15, 0.2) is 0 Å². The number of hydrogen-bond acceptors (Lipinski definition) is 6. The van der Waals surface area contributed by atoms with Crippen molar-refractivity contribution in [3.05, 3.63) is 25.3 Å². The number of hydrogen-bond donors (Lipinski definition) is 1. The van der Waals surface area contributed by atoms with Gasteiger partial charge in [-0.15, -0.1) is 13.2 Å². The molecule has 8 heteroatoms. The number of fused-ring (bicyclic) bond motifs is 1. The Morgan fingerprint density at radius 1 is 1.22 bits per heavy atom. The van der Waals surface area contributed by atoms with E-state index in [4.69, 9.17) is 9.47 Å². The molecule has 0 aromatic heterocycles. The third-order valence-corrected chi connectivity index (χ3v) is 8.64. The van der Waals surface area contributed by atoms with Gasteiger partial charge in [0.2, 0.25) is 11.8 Å². The van der Waals surface area contributed by atoms with E-state index in [1.165, 1.54) is 0 Å². The number of unbranched alkanes of at least 4 members (excludes halogenated alkanes) is 4. The van der Waals surface area contributed by atoms with Crippen LogP contribution in [0.3, 0.4) is 0 Å². The summed E-state index contributed by atoms with van der Waals surface area (Å²) in [6.07, 6.45) is 8.57. The van der Waals surface area contributed by atoms with Gasteiger partial charge in [0.05, 0.1) is 18.1 Å². The second kappa shape index (κ2) is 12.1. The number of esters is 1. The molecule has 0 aromatic carbocycles. The molecule has 0 aromatic rings. The van der Waals surface area contributed by atoms with Crippen LogP contribution >= 0.6 is 0 Å². The number of nitrogens with zero attached hydrogens (tertiary/aromatic N) is 2. The molecule has 0 radical (unpaired) electrons. The lowest BCUT2D eigenvalue weighted by atomic mass is 9.62. The smallest absolute Gasteiger partial charge is 0.312 e. The van der Waals surface area contributed by atoms with E-state index in [1.807, 2.05) is 33.8 Å². The molecular formula is C29H46N2O6. The summed E-state index contributed by atoms with van der Waals surface area (Å²) in [6.45, 7) is 16.5. The third-order valence-electron chi connectivity index (χ3n) is 8.64. The fourth-order valence-electron chi connectivity index (χ4n) is 6.69. The van der Waals surface area contributed by atoms with E-state index in [2.05, 4.69) is 13.2 Å². The molecule has 3 aliphatic rings. The summed E-state index contributed by atoms with van der Waals surface area (Å²) < 4.78 is 12.4. The maximum Gasteiger partial charge on any atom is 0.312 e. The molecule has 2 amide bonds. The van der Waals surface area contributed by atoms with Crippen molar-refractivity contribution in [2.75, 3.05) is 26.3 Å². The van der Waals surface area contributed by atoms with Gasteiger partial charge in [-0.2, -0.15) is 0 Å². The molecule has 0 saturated carbocycles. The first-order valence-corrected chi connectivity index (χ1v) is 13.9. The molecule has 1 spiro atoms. The van der Waals surface area contributed by atoms with Crippen molar-refractivity contribution in [3.63, 3.8) is 0 Å². The Hall–Kier alpha value is -2.19. The molecular weight excluding hydrogens is 472 g/mol. The van der Waals surface area contributed by atoms with E-state index in [1.54, 1.807) is 15.9 Å². The standard InChI is InChI=1S/C29H46N2O6/c1-7-9-10-14-18-36-27(35)23-22-25(33)31(16-12-11-13-17-32)24(26(34)30(15-8-2)20(3)4)29(22)19-21(5)28(23,6)37-29/h7-8,20-24,32H,1-2,9-19H2,3-6H3/t21?,22-,23-,24?,28+,29?/m0/s1. The highest BCUT2D eigenvalue weighted by atomic mass is 16.6. The fourth-order valence-corrected chi connectivity index (χ4v) is 6.69. The van der Waals surface area contributed by atoms with Crippen LogP contribution in [0.5, 0.6) is 0 Å². The van der Waals surface area contributed by atoms with E-state index >= 15 is 0 Å². The normalized spacial score (nSPS) is 32.1. The third kappa shape index (κ3) is 5.24. The van der Waals surface area contributed by atoms with E-state index in [9.17, 15) is 19.5 Å². The molecule has 2 bridgehead atoms. The Morgan fingerprint density at radius 2 is 1.95 bits per heavy atom. The molecule has 3 aliphatic heterocycles. The average molecular weight is 519 g/mol. The predicted molar refractivity (Wildman–Crippen MR) is 141 cm³/mol. The summed E-state index contributed by atoms with van der Waals surface area (Å²) in [7, 11) is 0. The molecule has 3 unspecified atom stereocenters. The number of aliphatic hydroxyl groups excluding tert-OH is 1. The van der Waals surface area contributed by atoms with Gasteiger partial charge in [0.1, 0.15) is 17.6 Å². The monoisotopic (exact) mass is 518 g/mol. The number of rotatable bonds is 15. The lowest BCUT2D eigenvalue weighted by molar-refractivity contribution is -0.162. The predicted octanol–water partition coefficient (Wildman–Crippen LogP) is 3.48. The van der Waals surface area contributed by atoms with Gasteiger partial charge >= 0.3 is 5.97 Å². The number of carbonyl (C=O) groups excluding carboxylic acids is 3. The molecule has 3 heterocycles. The Balaban J connectivity index is 1.96. The first kappa shape index (κ1) is 29.4. The van der Waals surface area contributed by atoms with Gasteiger partial charge in [-0.25, -0.2) is 0 Å². The molecule has 3 saturated heterocycles. The van der Waals surface area contributed by atoms with Crippen LogP contribution in [0.2, 0.25) is 0 Å². The van der Waals surface area contributed by atoms with Gasteiger partial charge in [0, 0.05) is 25.7 Å². The number of ether oxygens (including phenoxy) is 2. The van der Waals surface area contributed by atoms with Crippen molar-refractivity contribution in [1.82, 2.24) is 9.80 Å².